The maximum absolute atomic E-state index is 13.1. The van der Waals surface area contributed by atoms with Crippen LogP contribution < -0.4 is 5.32 Å². The topological polar surface area (TPSA) is 75.6 Å². The second-order valence-electron chi connectivity index (χ2n) is 5.60. The molecule has 0 saturated carbocycles. The lowest BCUT2D eigenvalue weighted by Crippen LogP contribution is -2.46. The molecule has 0 spiro atoms. The van der Waals surface area contributed by atoms with Crippen molar-refractivity contribution in [2.24, 2.45) is 0 Å². The van der Waals surface area contributed by atoms with Gasteiger partial charge in [0.1, 0.15) is 6.10 Å². The number of aliphatic hydroxyl groups is 1. The van der Waals surface area contributed by atoms with Crippen LogP contribution >= 0.6 is 0 Å². The first-order chi connectivity index (χ1) is 12.8. The van der Waals surface area contributed by atoms with E-state index in [1.807, 2.05) is 0 Å². The van der Waals surface area contributed by atoms with Crippen molar-refractivity contribution < 1.29 is 32.6 Å². The van der Waals surface area contributed by atoms with Gasteiger partial charge < -0.3 is 15.2 Å². The lowest BCUT2D eigenvalue weighted by atomic mass is 10.0. The predicted octanol–water partition coefficient (Wildman–Crippen LogP) is 3.10. The first kappa shape index (κ1) is 20.4. The zero-order valence-electron chi connectivity index (χ0n) is 14.4. The van der Waals surface area contributed by atoms with Gasteiger partial charge in [0, 0.05) is 0 Å². The van der Waals surface area contributed by atoms with E-state index in [-0.39, 0.29) is 6.61 Å². The van der Waals surface area contributed by atoms with Gasteiger partial charge in [0.15, 0.2) is 6.04 Å². The van der Waals surface area contributed by atoms with Crippen LogP contribution in [0.5, 0.6) is 0 Å². The number of hydrogen-bond donors (Lipinski definition) is 2. The number of ether oxygens (including phenoxy) is 1. The summed E-state index contributed by atoms with van der Waals surface area (Å²) < 4.78 is 44.2. The van der Waals surface area contributed by atoms with Gasteiger partial charge in [-0.05, 0) is 24.6 Å². The molecule has 0 fully saturated rings. The van der Waals surface area contributed by atoms with Gasteiger partial charge >= 0.3 is 12.1 Å². The molecule has 1 amide bonds. The Bertz CT molecular complexity index is 793. The van der Waals surface area contributed by atoms with Crippen molar-refractivity contribution in [1.82, 2.24) is 5.32 Å². The number of halogens is 3. The molecule has 8 heteroatoms. The van der Waals surface area contributed by atoms with Gasteiger partial charge in [-0.2, -0.15) is 13.2 Å². The number of aliphatic hydroxyl groups excluding tert-OH is 1. The van der Waals surface area contributed by atoms with Crippen molar-refractivity contribution >= 4 is 11.9 Å². The van der Waals surface area contributed by atoms with Crippen molar-refractivity contribution in [3.8, 4) is 0 Å². The number of rotatable bonds is 6. The number of carbonyl (C=O) groups is 2. The summed E-state index contributed by atoms with van der Waals surface area (Å²) in [6.45, 7) is 1.51. The van der Waals surface area contributed by atoms with E-state index < -0.39 is 41.3 Å². The zero-order valence-corrected chi connectivity index (χ0v) is 14.4. The molecule has 27 heavy (non-hydrogen) atoms. The van der Waals surface area contributed by atoms with Crippen LogP contribution in [0.4, 0.5) is 13.2 Å². The summed E-state index contributed by atoms with van der Waals surface area (Å²) in [6, 6.07) is 10.6. The summed E-state index contributed by atoms with van der Waals surface area (Å²) in [7, 11) is 0. The average Bonchev–Trinajstić information content (AvgIpc) is 2.65. The molecular formula is C19H18F3NO4. The molecule has 0 aliphatic heterocycles. The fourth-order valence-corrected chi connectivity index (χ4v) is 2.49. The van der Waals surface area contributed by atoms with Crippen LogP contribution in [-0.2, 0) is 15.7 Å². The van der Waals surface area contributed by atoms with E-state index >= 15 is 0 Å². The quantitative estimate of drug-likeness (QED) is 0.754. The molecule has 0 aliphatic rings. The van der Waals surface area contributed by atoms with Gasteiger partial charge in [-0.15, -0.1) is 0 Å². The normalized spacial score (nSPS) is 13.5. The molecule has 2 aromatic rings. The molecule has 2 N–H and O–H groups in total. The fraction of sp³-hybridized carbons (Fsp3) is 0.263. The van der Waals surface area contributed by atoms with Gasteiger partial charge in [-0.25, -0.2) is 4.79 Å². The molecule has 2 unspecified atom stereocenters. The second-order valence-corrected chi connectivity index (χ2v) is 5.60. The minimum absolute atomic E-state index is 0.0220. The maximum Gasteiger partial charge on any atom is 0.417 e. The molecule has 2 aromatic carbocycles. The Hall–Kier alpha value is -2.87. The summed E-state index contributed by atoms with van der Waals surface area (Å²) in [4.78, 5) is 24.6. The highest BCUT2D eigenvalue weighted by atomic mass is 19.4. The van der Waals surface area contributed by atoms with Crippen LogP contribution in [0.15, 0.2) is 54.6 Å². The highest BCUT2D eigenvalue weighted by molar-refractivity contribution is 5.98. The second kappa shape index (κ2) is 8.68. The molecule has 0 saturated heterocycles. The third-order valence-electron chi connectivity index (χ3n) is 3.76. The van der Waals surface area contributed by atoms with Crippen LogP contribution in [0.3, 0.4) is 0 Å². The van der Waals surface area contributed by atoms with Crippen molar-refractivity contribution in [2.45, 2.75) is 25.2 Å². The number of amides is 1. The van der Waals surface area contributed by atoms with E-state index in [1.165, 1.54) is 25.1 Å². The maximum atomic E-state index is 13.1. The average molecular weight is 381 g/mol. The van der Waals surface area contributed by atoms with E-state index in [0.717, 1.165) is 18.2 Å². The van der Waals surface area contributed by atoms with Crippen LogP contribution in [0.2, 0.25) is 0 Å². The minimum Gasteiger partial charge on any atom is -0.464 e. The Balaban J connectivity index is 2.33. The van der Waals surface area contributed by atoms with Crippen LogP contribution in [0.25, 0.3) is 0 Å². The highest BCUT2D eigenvalue weighted by Crippen LogP contribution is 2.32. The van der Waals surface area contributed by atoms with Crippen molar-refractivity contribution in [1.29, 1.82) is 0 Å². The lowest BCUT2D eigenvalue weighted by molar-refractivity contribution is -0.148. The largest absolute Gasteiger partial charge is 0.464 e. The third-order valence-corrected chi connectivity index (χ3v) is 3.76. The summed E-state index contributed by atoms with van der Waals surface area (Å²) in [5, 5.41) is 12.6. The van der Waals surface area contributed by atoms with Gasteiger partial charge in [-0.3, -0.25) is 4.79 Å². The summed E-state index contributed by atoms with van der Waals surface area (Å²) in [5.41, 5.74) is -1.49. The first-order valence-corrected chi connectivity index (χ1v) is 8.12. The number of nitrogens with one attached hydrogen (secondary N) is 1. The van der Waals surface area contributed by atoms with Crippen LogP contribution in [0.1, 0.15) is 34.5 Å². The van der Waals surface area contributed by atoms with Crippen molar-refractivity contribution in [2.75, 3.05) is 6.61 Å². The Morgan fingerprint density at radius 3 is 2.26 bits per heavy atom. The lowest BCUT2D eigenvalue weighted by Gasteiger charge is -2.23. The molecule has 0 aromatic heterocycles. The number of alkyl halides is 3. The summed E-state index contributed by atoms with van der Waals surface area (Å²) in [6.07, 6.45) is -6.24. The Labute approximate surface area is 153 Å². The van der Waals surface area contributed by atoms with E-state index in [0.29, 0.717) is 5.56 Å². The van der Waals surface area contributed by atoms with Crippen LogP contribution in [0, 0.1) is 0 Å². The molecule has 0 heterocycles. The van der Waals surface area contributed by atoms with Gasteiger partial charge in [-0.1, -0.05) is 42.5 Å². The zero-order chi connectivity index (χ0) is 20.0. The number of carbonyl (C=O) groups excluding carboxylic acids is 2. The molecule has 0 aliphatic carbocycles. The third kappa shape index (κ3) is 5.07. The Kier molecular flexibility index (Phi) is 6.57. The molecule has 0 radical (unpaired) electrons. The van der Waals surface area contributed by atoms with E-state index in [2.05, 4.69) is 5.32 Å². The van der Waals surface area contributed by atoms with Crippen molar-refractivity contribution in [3.63, 3.8) is 0 Å². The fourth-order valence-electron chi connectivity index (χ4n) is 2.49. The molecule has 2 rings (SSSR count). The first-order valence-electron chi connectivity index (χ1n) is 8.12. The summed E-state index contributed by atoms with van der Waals surface area (Å²) >= 11 is 0. The smallest absolute Gasteiger partial charge is 0.417 e. The monoisotopic (exact) mass is 381 g/mol. The molecule has 2 atom stereocenters. The minimum atomic E-state index is -4.74. The van der Waals surface area contributed by atoms with E-state index in [1.54, 1.807) is 18.2 Å². The van der Waals surface area contributed by atoms with Crippen LogP contribution in [-0.4, -0.2) is 29.6 Å². The molecule has 0 bridgehead atoms. The SMILES string of the molecule is CCOC(=O)C(NC(=O)c1ccccc1C(F)(F)F)C(O)c1ccccc1. The number of benzene rings is 2. The van der Waals surface area contributed by atoms with Crippen molar-refractivity contribution in [3.05, 3.63) is 71.3 Å². The predicted molar refractivity (Wildman–Crippen MR) is 90.7 cm³/mol. The molecule has 5 nitrogen and oxygen atoms in total. The number of hydrogen-bond acceptors (Lipinski definition) is 4. The van der Waals surface area contributed by atoms with Gasteiger partial charge in [0.05, 0.1) is 17.7 Å². The van der Waals surface area contributed by atoms with Gasteiger partial charge in [0.2, 0.25) is 0 Å². The van der Waals surface area contributed by atoms with Gasteiger partial charge in [0.25, 0.3) is 5.91 Å². The molecule has 144 valence electrons. The number of esters is 1. The Morgan fingerprint density at radius 2 is 1.67 bits per heavy atom. The Morgan fingerprint density at radius 1 is 1.07 bits per heavy atom. The van der Waals surface area contributed by atoms with E-state index in [9.17, 15) is 27.9 Å². The standard InChI is InChI=1S/C19H18F3NO4/c1-2-27-18(26)15(16(24)12-8-4-3-5-9-12)23-17(25)13-10-6-7-11-14(13)19(20,21)22/h3-11,15-16,24H,2H2,1H3,(H,23,25). The molecular weight excluding hydrogens is 363 g/mol. The van der Waals surface area contributed by atoms with E-state index in [4.69, 9.17) is 4.74 Å². The summed E-state index contributed by atoms with van der Waals surface area (Å²) in [5.74, 6) is -2.09. The highest BCUT2D eigenvalue weighted by Gasteiger charge is 2.37.